The monoisotopic (exact) mass is 428 g/mol. The molecule has 2 heterocycles. The number of aromatic nitrogens is 3. The largest absolute Gasteiger partial charge is 0.464 e. The lowest BCUT2D eigenvalue weighted by Gasteiger charge is -2.16. The van der Waals surface area contributed by atoms with Crippen molar-refractivity contribution < 1.29 is 9.53 Å². The number of pyridine rings is 1. The number of benzene rings is 2. The molecule has 0 spiro atoms. The molecule has 0 bridgehead atoms. The van der Waals surface area contributed by atoms with Crippen molar-refractivity contribution in [3.63, 3.8) is 0 Å². The molecule has 0 unspecified atom stereocenters. The number of aryl methyl sites for hydroxylation is 3. The molecule has 2 aromatic carbocycles. The van der Waals surface area contributed by atoms with Crippen LogP contribution in [0.3, 0.4) is 0 Å². The summed E-state index contributed by atoms with van der Waals surface area (Å²) in [6.45, 7) is 8.95. The summed E-state index contributed by atoms with van der Waals surface area (Å²) in [5.74, 6) is 0.220. The highest BCUT2D eigenvalue weighted by molar-refractivity contribution is 5.95. The molecule has 32 heavy (non-hydrogen) atoms. The molecule has 6 nitrogen and oxygen atoms in total. The van der Waals surface area contributed by atoms with Crippen molar-refractivity contribution in [3.8, 4) is 17.0 Å². The van der Waals surface area contributed by atoms with Gasteiger partial charge in [0, 0.05) is 19.2 Å². The van der Waals surface area contributed by atoms with Crippen LogP contribution in [0.5, 0.6) is 5.88 Å². The fourth-order valence-corrected chi connectivity index (χ4v) is 3.73. The lowest BCUT2D eigenvalue weighted by molar-refractivity contribution is -0.127. The maximum atomic E-state index is 12.7. The minimum atomic E-state index is -0.687. The zero-order valence-electron chi connectivity index (χ0n) is 18.9. The second-order valence-corrected chi connectivity index (χ2v) is 7.94. The number of carbonyl (C=O) groups is 1. The first-order valence-electron chi connectivity index (χ1n) is 10.9. The van der Waals surface area contributed by atoms with Crippen LogP contribution in [0.25, 0.3) is 22.2 Å². The van der Waals surface area contributed by atoms with E-state index >= 15 is 0 Å². The lowest BCUT2D eigenvalue weighted by Crippen LogP contribution is -2.36. The highest BCUT2D eigenvalue weighted by atomic mass is 16.5. The van der Waals surface area contributed by atoms with Crippen molar-refractivity contribution in [1.82, 2.24) is 20.1 Å². The summed E-state index contributed by atoms with van der Waals surface area (Å²) in [6, 6.07) is 20.1. The third-order valence-electron chi connectivity index (χ3n) is 5.49. The molecule has 0 saturated heterocycles. The summed E-state index contributed by atoms with van der Waals surface area (Å²) in [7, 11) is 0. The van der Waals surface area contributed by atoms with E-state index < -0.39 is 6.10 Å². The van der Waals surface area contributed by atoms with Crippen molar-refractivity contribution in [2.24, 2.45) is 0 Å². The lowest BCUT2D eigenvalue weighted by atomic mass is 10.0. The maximum Gasteiger partial charge on any atom is 0.261 e. The normalized spacial score (nSPS) is 12.0. The van der Waals surface area contributed by atoms with Gasteiger partial charge in [0.15, 0.2) is 11.8 Å². The van der Waals surface area contributed by atoms with E-state index in [0.29, 0.717) is 19.0 Å². The topological polar surface area (TPSA) is 69.0 Å². The van der Waals surface area contributed by atoms with Crippen molar-refractivity contribution >= 4 is 16.9 Å². The molecule has 0 aliphatic carbocycles. The van der Waals surface area contributed by atoms with E-state index in [1.807, 2.05) is 74.0 Å². The van der Waals surface area contributed by atoms with Gasteiger partial charge < -0.3 is 10.1 Å². The number of nitrogens with zero attached hydrogens (tertiary/aromatic N) is 3. The number of rotatable bonds is 7. The predicted octanol–water partition coefficient (Wildman–Crippen LogP) is 4.82. The fourth-order valence-electron chi connectivity index (χ4n) is 3.73. The van der Waals surface area contributed by atoms with Crippen LogP contribution in [-0.2, 0) is 17.9 Å². The van der Waals surface area contributed by atoms with Gasteiger partial charge in [0.2, 0.25) is 5.88 Å². The Balaban J connectivity index is 1.59. The van der Waals surface area contributed by atoms with Crippen LogP contribution >= 0.6 is 0 Å². The van der Waals surface area contributed by atoms with E-state index in [-0.39, 0.29) is 5.91 Å². The van der Waals surface area contributed by atoms with Gasteiger partial charge in [-0.15, -0.1) is 0 Å². The van der Waals surface area contributed by atoms with Crippen LogP contribution in [0.2, 0.25) is 0 Å². The Kier molecular flexibility index (Phi) is 6.21. The van der Waals surface area contributed by atoms with Gasteiger partial charge in [-0.05, 0) is 44.4 Å². The molecule has 0 aliphatic heterocycles. The molecule has 1 N–H and O–H groups in total. The number of carbonyl (C=O) groups excluding carboxylic acids is 1. The molecule has 0 aliphatic rings. The minimum absolute atomic E-state index is 0.186. The zero-order chi connectivity index (χ0) is 22.7. The molecule has 4 rings (SSSR count). The van der Waals surface area contributed by atoms with Crippen molar-refractivity contribution in [2.45, 2.75) is 46.9 Å². The Hall–Kier alpha value is -3.67. The third-order valence-corrected chi connectivity index (χ3v) is 5.49. The first-order valence-corrected chi connectivity index (χ1v) is 10.9. The number of hydrogen-bond donors (Lipinski definition) is 1. The minimum Gasteiger partial charge on any atom is -0.464 e. The fraction of sp³-hybridized carbons (Fsp3) is 0.269. The second kappa shape index (κ2) is 9.22. The number of amides is 1. The Morgan fingerprint density at radius 2 is 1.81 bits per heavy atom. The van der Waals surface area contributed by atoms with Gasteiger partial charge in [-0.3, -0.25) is 4.79 Å². The van der Waals surface area contributed by atoms with Gasteiger partial charge in [-0.1, -0.05) is 60.2 Å². The molecule has 1 amide bonds. The van der Waals surface area contributed by atoms with E-state index in [9.17, 15) is 4.79 Å². The second-order valence-electron chi connectivity index (χ2n) is 7.94. The Labute approximate surface area is 188 Å². The van der Waals surface area contributed by atoms with Crippen LogP contribution in [0.4, 0.5) is 0 Å². The molecule has 0 fully saturated rings. The number of nitrogens with one attached hydrogen (secondary N) is 1. The summed E-state index contributed by atoms with van der Waals surface area (Å²) >= 11 is 0. The zero-order valence-corrected chi connectivity index (χ0v) is 18.9. The summed E-state index contributed by atoms with van der Waals surface area (Å²) < 4.78 is 7.87. The smallest absolute Gasteiger partial charge is 0.261 e. The van der Waals surface area contributed by atoms with E-state index in [1.54, 1.807) is 6.92 Å². The molecule has 2 aromatic heterocycles. The highest BCUT2D eigenvalue weighted by Crippen LogP contribution is 2.33. The summed E-state index contributed by atoms with van der Waals surface area (Å²) in [5.41, 5.74) is 5.96. The SMILES string of the molecule is CCn1nc(C)c2c(-c3ccccc3)cc(O[C@@H](C)C(=O)NCc3ccc(C)cc3)nc21. The summed E-state index contributed by atoms with van der Waals surface area (Å²) in [5, 5.41) is 8.58. The van der Waals surface area contributed by atoms with Gasteiger partial charge >= 0.3 is 0 Å². The maximum absolute atomic E-state index is 12.7. The molecule has 164 valence electrons. The van der Waals surface area contributed by atoms with Gasteiger partial charge in [0.1, 0.15) is 0 Å². The average Bonchev–Trinajstić information content (AvgIpc) is 3.14. The summed E-state index contributed by atoms with van der Waals surface area (Å²) in [4.78, 5) is 17.4. The first-order chi connectivity index (χ1) is 15.5. The van der Waals surface area contributed by atoms with E-state index in [2.05, 4.69) is 22.5 Å². The molecule has 6 heteroatoms. The quantitative estimate of drug-likeness (QED) is 0.458. The molecular weight excluding hydrogens is 400 g/mol. The van der Waals surface area contributed by atoms with Gasteiger partial charge in [0.05, 0.1) is 11.1 Å². The van der Waals surface area contributed by atoms with Crippen molar-refractivity contribution in [1.29, 1.82) is 0 Å². The summed E-state index contributed by atoms with van der Waals surface area (Å²) in [6.07, 6.45) is -0.687. The van der Waals surface area contributed by atoms with Gasteiger partial charge in [-0.2, -0.15) is 10.1 Å². The van der Waals surface area contributed by atoms with E-state index in [0.717, 1.165) is 33.4 Å². The van der Waals surface area contributed by atoms with Crippen LogP contribution < -0.4 is 10.1 Å². The van der Waals surface area contributed by atoms with Crippen LogP contribution in [0.15, 0.2) is 60.7 Å². The molecule has 4 aromatic rings. The van der Waals surface area contributed by atoms with Crippen LogP contribution in [0, 0.1) is 13.8 Å². The van der Waals surface area contributed by atoms with Gasteiger partial charge in [0.25, 0.3) is 5.91 Å². The van der Waals surface area contributed by atoms with Crippen LogP contribution in [0.1, 0.15) is 30.7 Å². The predicted molar refractivity (Wildman–Crippen MR) is 126 cm³/mol. The average molecular weight is 429 g/mol. The molecule has 0 saturated carbocycles. The molecular formula is C26H28N4O2. The number of ether oxygens (including phenoxy) is 1. The molecule has 0 radical (unpaired) electrons. The van der Waals surface area contributed by atoms with E-state index in [1.165, 1.54) is 5.56 Å². The Morgan fingerprint density at radius 3 is 2.50 bits per heavy atom. The van der Waals surface area contributed by atoms with Crippen molar-refractivity contribution in [3.05, 3.63) is 77.5 Å². The Bertz CT molecular complexity index is 1230. The third kappa shape index (κ3) is 4.49. The number of fused-ring (bicyclic) bond motifs is 1. The Morgan fingerprint density at radius 1 is 1.09 bits per heavy atom. The highest BCUT2D eigenvalue weighted by Gasteiger charge is 2.20. The number of hydrogen-bond acceptors (Lipinski definition) is 4. The van der Waals surface area contributed by atoms with Crippen molar-refractivity contribution in [2.75, 3.05) is 0 Å². The van der Waals surface area contributed by atoms with Crippen LogP contribution in [-0.4, -0.2) is 26.8 Å². The first kappa shape index (κ1) is 21.6. The van der Waals surface area contributed by atoms with Gasteiger partial charge in [-0.25, -0.2) is 4.68 Å². The molecule has 1 atom stereocenters. The van der Waals surface area contributed by atoms with E-state index in [4.69, 9.17) is 9.72 Å². The standard InChI is InChI=1S/C26H28N4O2/c1-5-30-25-24(18(3)29-30)22(21-9-7-6-8-10-21)15-23(28-25)32-19(4)26(31)27-16-20-13-11-17(2)12-14-20/h6-15,19H,5,16H2,1-4H3,(H,27,31)/t19-/m0/s1.